The molecule has 0 aliphatic carbocycles. The third-order valence-electron chi connectivity index (χ3n) is 5.99. The second kappa shape index (κ2) is 7.56. The monoisotopic (exact) mass is 460 g/mol. The van der Waals surface area contributed by atoms with Gasteiger partial charge >= 0.3 is 0 Å². The Hall–Kier alpha value is -3.97. The number of aryl methyl sites for hydroxylation is 2. The number of nitrogens with zero attached hydrogens (tertiary/aromatic N) is 2. The van der Waals surface area contributed by atoms with Crippen LogP contribution in [0.25, 0.3) is 11.0 Å². The van der Waals surface area contributed by atoms with Crippen molar-refractivity contribution in [2.24, 2.45) is 0 Å². The highest BCUT2D eigenvalue weighted by Gasteiger charge is 2.43. The number of benzene rings is 3. The van der Waals surface area contributed by atoms with Crippen LogP contribution in [0.5, 0.6) is 0 Å². The van der Waals surface area contributed by atoms with E-state index in [0.717, 1.165) is 11.1 Å². The number of nitro groups is 1. The maximum atomic E-state index is 13.7. The lowest BCUT2D eigenvalue weighted by Gasteiger charge is -2.25. The number of fused-ring (bicyclic) bond motifs is 2. The highest BCUT2D eigenvalue weighted by Crippen LogP contribution is 2.42. The Labute approximate surface area is 193 Å². The Balaban J connectivity index is 1.80. The zero-order valence-corrected chi connectivity index (χ0v) is 18.4. The molecule has 0 spiro atoms. The van der Waals surface area contributed by atoms with Gasteiger partial charge in [-0.2, -0.15) is 0 Å². The number of hydrogen-bond donors (Lipinski definition) is 0. The molecule has 1 aromatic heterocycles. The molecule has 1 atom stereocenters. The van der Waals surface area contributed by atoms with Gasteiger partial charge in [0.05, 0.1) is 21.9 Å². The first kappa shape index (κ1) is 20.9. The van der Waals surface area contributed by atoms with Gasteiger partial charge in [0.2, 0.25) is 5.76 Å². The smallest absolute Gasteiger partial charge is 0.295 e. The number of carbonyl (C=O) groups excluding carboxylic acids is 1. The topological polar surface area (TPSA) is 93.7 Å². The first-order valence-electron chi connectivity index (χ1n) is 10.2. The molecule has 0 saturated carbocycles. The van der Waals surface area contributed by atoms with Crippen molar-refractivity contribution in [3.05, 3.63) is 114 Å². The lowest BCUT2D eigenvalue weighted by molar-refractivity contribution is -0.384. The molecule has 0 N–H and O–H groups in total. The van der Waals surface area contributed by atoms with Crippen LogP contribution >= 0.6 is 11.6 Å². The average Bonchev–Trinajstić information content (AvgIpc) is 3.08. The predicted molar refractivity (Wildman–Crippen MR) is 125 cm³/mol. The Bertz CT molecular complexity index is 1520. The zero-order valence-electron chi connectivity index (χ0n) is 17.7. The number of anilines is 1. The van der Waals surface area contributed by atoms with E-state index in [4.69, 9.17) is 16.0 Å². The molecule has 4 aromatic rings. The van der Waals surface area contributed by atoms with Gasteiger partial charge in [0, 0.05) is 22.8 Å². The fourth-order valence-corrected chi connectivity index (χ4v) is 4.40. The molecular weight excluding hydrogens is 444 g/mol. The highest BCUT2D eigenvalue weighted by molar-refractivity contribution is 6.31. The molecular formula is C25H17ClN2O5. The summed E-state index contributed by atoms with van der Waals surface area (Å²) in [4.78, 5) is 39.3. The Kier molecular flexibility index (Phi) is 4.79. The standard InChI is InChI=1S/C25H17ClN2O5/c1-13-10-19-20(11-14(13)2)33-24-21(23(19)29)22(15-6-8-17(9-7-15)28(31)32)27(25(24)30)18-5-3-4-16(26)12-18/h3-12,22H,1-2H3. The van der Waals surface area contributed by atoms with Crippen molar-refractivity contribution in [1.82, 2.24) is 0 Å². The number of halogens is 1. The minimum Gasteiger partial charge on any atom is -0.450 e. The fraction of sp³-hybridized carbons (Fsp3) is 0.120. The van der Waals surface area contributed by atoms with Gasteiger partial charge in [0.1, 0.15) is 5.58 Å². The molecule has 0 saturated heterocycles. The quantitative estimate of drug-likeness (QED) is 0.288. The molecule has 33 heavy (non-hydrogen) atoms. The molecule has 3 aromatic carbocycles. The summed E-state index contributed by atoms with van der Waals surface area (Å²) >= 11 is 6.18. The molecule has 5 rings (SSSR count). The minimum absolute atomic E-state index is 0.0425. The summed E-state index contributed by atoms with van der Waals surface area (Å²) < 4.78 is 6.00. The van der Waals surface area contributed by atoms with Crippen molar-refractivity contribution in [1.29, 1.82) is 0 Å². The first-order chi connectivity index (χ1) is 15.8. The number of non-ortho nitro benzene ring substituents is 1. The molecule has 1 aliphatic rings. The van der Waals surface area contributed by atoms with Crippen LogP contribution in [-0.2, 0) is 0 Å². The van der Waals surface area contributed by atoms with Crippen LogP contribution in [0.4, 0.5) is 11.4 Å². The Morgan fingerprint density at radius 1 is 1.00 bits per heavy atom. The van der Waals surface area contributed by atoms with Crippen LogP contribution in [0, 0.1) is 24.0 Å². The number of nitro benzene ring substituents is 1. The summed E-state index contributed by atoms with van der Waals surface area (Å²) in [5.74, 6) is -0.521. The van der Waals surface area contributed by atoms with Gasteiger partial charge in [-0.25, -0.2) is 0 Å². The van der Waals surface area contributed by atoms with Gasteiger partial charge in [-0.05, 0) is 73.0 Å². The van der Waals surface area contributed by atoms with Crippen LogP contribution in [0.15, 0.2) is 69.9 Å². The van der Waals surface area contributed by atoms with Crippen molar-refractivity contribution in [2.45, 2.75) is 19.9 Å². The third-order valence-corrected chi connectivity index (χ3v) is 6.23. The molecule has 164 valence electrons. The number of hydrogen-bond acceptors (Lipinski definition) is 5. The second-order valence-corrected chi connectivity index (χ2v) is 8.45. The van der Waals surface area contributed by atoms with Crippen LogP contribution in [-0.4, -0.2) is 10.8 Å². The highest BCUT2D eigenvalue weighted by atomic mass is 35.5. The van der Waals surface area contributed by atoms with E-state index in [9.17, 15) is 19.7 Å². The maximum Gasteiger partial charge on any atom is 0.295 e. The zero-order chi connectivity index (χ0) is 23.4. The van der Waals surface area contributed by atoms with Gasteiger partial charge in [0.15, 0.2) is 5.43 Å². The van der Waals surface area contributed by atoms with Crippen molar-refractivity contribution in [3.63, 3.8) is 0 Å². The van der Waals surface area contributed by atoms with E-state index in [1.54, 1.807) is 48.5 Å². The number of rotatable bonds is 3. The van der Waals surface area contributed by atoms with E-state index in [-0.39, 0.29) is 22.4 Å². The van der Waals surface area contributed by atoms with Crippen LogP contribution in [0.3, 0.4) is 0 Å². The Morgan fingerprint density at radius 3 is 2.36 bits per heavy atom. The van der Waals surface area contributed by atoms with E-state index in [2.05, 4.69) is 0 Å². The predicted octanol–water partition coefficient (Wildman–Crippen LogP) is 5.72. The van der Waals surface area contributed by atoms with Gasteiger partial charge in [-0.15, -0.1) is 0 Å². The lowest BCUT2D eigenvalue weighted by Crippen LogP contribution is -2.29. The van der Waals surface area contributed by atoms with E-state index in [1.165, 1.54) is 17.0 Å². The van der Waals surface area contributed by atoms with E-state index in [0.29, 0.717) is 27.2 Å². The summed E-state index contributed by atoms with van der Waals surface area (Å²) in [6.07, 6.45) is 0. The van der Waals surface area contributed by atoms with Gasteiger partial charge in [-0.3, -0.25) is 24.6 Å². The average molecular weight is 461 g/mol. The first-order valence-corrected chi connectivity index (χ1v) is 10.6. The molecule has 7 nitrogen and oxygen atoms in total. The second-order valence-electron chi connectivity index (χ2n) is 8.01. The molecule has 1 unspecified atom stereocenters. The third kappa shape index (κ3) is 3.29. The Morgan fingerprint density at radius 2 is 1.70 bits per heavy atom. The molecule has 1 aliphatic heterocycles. The summed E-state index contributed by atoms with van der Waals surface area (Å²) in [6, 6.07) is 15.2. The molecule has 0 radical (unpaired) electrons. The number of amides is 1. The van der Waals surface area contributed by atoms with E-state index in [1.807, 2.05) is 13.8 Å². The van der Waals surface area contributed by atoms with Gasteiger partial charge < -0.3 is 4.42 Å². The van der Waals surface area contributed by atoms with Gasteiger partial charge in [-0.1, -0.05) is 17.7 Å². The van der Waals surface area contributed by atoms with Crippen molar-refractivity contribution in [3.8, 4) is 0 Å². The summed E-state index contributed by atoms with van der Waals surface area (Å²) in [5, 5.41) is 11.9. The minimum atomic E-state index is -0.825. The van der Waals surface area contributed by atoms with Crippen LogP contribution in [0.1, 0.15) is 38.9 Å². The molecule has 8 heteroatoms. The lowest BCUT2D eigenvalue weighted by atomic mass is 9.97. The molecule has 0 fully saturated rings. The summed E-state index contributed by atoms with van der Waals surface area (Å²) in [5.41, 5.74) is 3.04. The maximum absolute atomic E-state index is 13.7. The normalized spacial score (nSPS) is 15.2. The summed E-state index contributed by atoms with van der Waals surface area (Å²) in [7, 11) is 0. The van der Waals surface area contributed by atoms with E-state index >= 15 is 0 Å². The van der Waals surface area contributed by atoms with E-state index < -0.39 is 16.9 Å². The molecule has 0 bridgehead atoms. The van der Waals surface area contributed by atoms with Crippen molar-refractivity contribution < 1.29 is 14.1 Å². The SMILES string of the molecule is Cc1cc2oc3c(c(=O)c2cc1C)C(c1ccc([N+](=O)[O-])cc1)N(c1cccc(Cl)c1)C3=O. The van der Waals surface area contributed by atoms with Gasteiger partial charge in [0.25, 0.3) is 11.6 Å². The summed E-state index contributed by atoms with van der Waals surface area (Å²) in [6.45, 7) is 3.81. The molecule has 2 heterocycles. The fourth-order valence-electron chi connectivity index (χ4n) is 4.21. The van der Waals surface area contributed by atoms with Crippen LogP contribution < -0.4 is 10.3 Å². The largest absolute Gasteiger partial charge is 0.450 e. The molecule has 1 amide bonds. The van der Waals surface area contributed by atoms with Crippen LogP contribution in [0.2, 0.25) is 5.02 Å². The van der Waals surface area contributed by atoms with Crippen molar-refractivity contribution in [2.75, 3.05) is 4.90 Å². The van der Waals surface area contributed by atoms with Crippen molar-refractivity contribution >= 4 is 39.9 Å². The number of carbonyl (C=O) groups is 1.